The second kappa shape index (κ2) is 11.1. The van der Waals surface area contributed by atoms with E-state index in [9.17, 15) is 4.79 Å². The molecule has 3 aromatic carbocycles. The number of hydrogen-bond donors (Lipinski definition) is 1. The number of thioether (sulfide) groups is 1. The van der Waals surface area contributed by atoms with Gasteiger partial charge in [0.1, 0.15) is 18.1 Å². The van der Waals surface area contributed by atoms with Crippen molar-refractivity contribution in [2.45, 2.75) is 24.4 Å². The van der Waals surface area contributed by atoms with Gasteiger partial charge in [0.25, 0.3) is 0 Å². The SMILES string of the molecule is CCOc1ccc(OCc2nnc(SCc3ccc(C(N)=O)cc3)n2-c2ccc(Cl)cc2)cc1. The number of ether oxygens (including phenoxy) is 2. The first-order chi connectivity index (χ1) is 16.5. The molecule has 0 aliphatic heterocycles. The van der Waals surface area contributed by atoms with Crippen molar-refractivity contribution in [2.75, 3.05) is 6.61 Å². The van der Waals surface area contributed by atoms with Gasteiger partial charge in [-0.2, -0.15) is 0 Å². The van der Waals surface area contributed by atoms with Crippen LogP contribution in [0.1, 0.15) is 28.7 Å². The maximum Gasteiger partial charge on any atom is 0.248 e. The van der Waals surface area contributed by atoms with Crippen LogP contribution in [0, 0.1) is 0 Å². The third-order valence-corrected chi connectivity index (χ3v) is 6.15. The molecule has 0 unspecified atom stereocenters. The van der Waals surface area contributed by atoms with E-state index in [-0.39, 0.29) is 6.61 Å². The zero-order valence-electron chi connectivity index (χ0n) is 18.5. The van der Waals surface area contributed by atoms with Crippen molar-refractivity contribution in [3.63, 3.8) is 0 Å². The highest BCUT2D eigenvalue weighted by Gasteiger charge is 2.16. The lowest BCUT2D eigenvalue weighted by Crippen LogP contribution is -2.10. The quantitative estimate of drug-likeness (QED) is 0.301. The van der Waals surface area contributed by atoms with Crippen molar-refractivity contribution in [3.05, 3.63) is 94.8 Å². The normalized spacial score (nSPS) is 10.8. The minimum Gasteiger partial charge on any atom is -0.494 e. The molecule has 9 heteroatoms. The Bertz CT molecular complexity index is 1240. The maximum absolute atomic E-state index is 11.3. The van der Waals surface area contributed by atoms with Gasteiger partial charge in [-0.05, 0) is 73.2 Å². The number of amides is 1. The van der Waals surface area contributed by atoms with Crippen LogP contribution >= 0.6 is 23.4 Å². The molecule has 0 saturated carbocycles. The highest BCUT2D eigenvalue weighted by atomic mass is 35.5. The average Bonchev–Trinajstić information content (AvgIpc) is 3.26. The summed E-state index contributed by atoms with van der Waals surface area (Å²) in [5, 5.41) is 10.1. The van der Waals surface area contributed by atoms with Crippen LogP contribution in [-0.2, 0) is 12.4 Å². The fraction of sp³-hybridized carbons (Fsp3) is 0.160. The van der Waals surface area contributed by atoms with Crippen LogP contribution < -0.4 is 15.2 Å². The van der Waals surface area contributed by atoms with Gasteiger partial charge in [0.2, 0.25) is 5.91 Å². The summed E-state index contributed by atoms with van der Waals surface area (Å²) in [5.74, 6) is 2.35. The van der Waals surface area contributed by atoms with Crippen molar-refractivity contribution in [1.29, 1.82) is 0 Å². The van der Waals surface area contributed by atoms with Gasteiger partial charge in [-0.3, -0.25) is 9.36 Å². The summed E-state index contributed by atoms with van der Waals surface area (Å²) in [5.41, 5.74) is 7.72. The van der Waals surface area contributed by atoms with E-state index in [4.69, 9.17) is 26.8 Å². The fourth-order valence-corrected chi connectivity index (χ4v) is 4.25. The van der Waals surface area contributed by atoms with Crippen LogP contribution in [0.25, 0.3) is 5.69 Å². The molecule has 1 heterocycles. The van der Waals surface area contributed by atoms with Crippen LogP contribution in [0.15, 0.2) is 78.0 Å². The van der Waals surface area contributed by atoms with Gasteiger partial charge in [0.15, 0.2) is 11.0 Å². The molecule has 0 saturated heterocycles. The molecule has 2 N–H and O–H groups in total. The number of benzene rings is 3. The second-order valence-electron chi connectivity index (χ2n) is 7.25. The molecule has 0 spiro atoms. The molecule has 0 radical (unpaired) electrons. The molecule has 1 amide bonds. The minimum absolute atomic E-state index is 0.234. The Hall–Kier alpha value is -3.49. The highest BCUT2D eigenvalue weighted by molar-refractivity contribution is 7.98. The Morgan fingerprint density at radius 3 is 2.21 bits per heavy atom. The van der Waals surface area contributed by atoms with Crippen molar-refractivity contribution in [1.82, 2.24) is 14.8 Å². The molecule has 4 aromatic rings. The van der Waals surface area contributed by atoms with E-state index < -0.39 is 5.91 Å². The lowest BCUT2D eigenvalue weighted by Gasteiger charge is -2.12. The highest BCUT2D eigenvalue weighted by Crippen LogP contribution is 2.27. The van der Waals surface area contributed by atoms with Gasteiger partial charge in [-0.25, -0.2) is 0 Å². The fourth-order valence-electron chi connectivity index (χ4n) is 3.20. The number of carbonyl (C=O) groups is 1. The number of aromatic nitrogens is 3. The van der Waals surface area contributed by atoms with Crippen LogP contribution in [0.4, 0.5) is 0 Å². The molecule has 0 bridgehead atoms. The third kappa shape index (κ3) is 5.89. The predicted molar refractivity (Wildman–Crippen MR) is 133 cm³/mol. The summed E-state index contributed by atoms with van der Waals surface area (Å²) in [6, 6.07) is 22.1. The number of primary amides is 1. The number of nitrogens with two attached hydrogens (primary N) is 1. The smallest absolute Gasteiger partial charge is 0.248 e. The summed E-state index contributed by atoms with van der Waals surface area (Å²) in [6.07, 6.45) is 0. The van der Waals surface area contributed by atoms with E-state index in [1.54, 1.807) is 12.1 Å². The molecule has 34 heavy (non-hydrogen) atoms. The second-order valence-corrected chi connectivity index (χ2v) is 8.63. The van der Waals surface area contributed by atoms with Crippen molar-refractivity contribution >= 4 is 29.3 Å². The molecule has 0 atom stereocenters. The first kappa shape index (κ1) is 23.7. The standard InChI is InChI=1S/C25H23ClN4O3S/c1-2-32-21-11-13-22(14-12-21)33-15-23-28-29-25(30(23)20-9-7-19(26)8-10-20)34-16-17-3-5-18(6-4-17)24(27)31/h3-14H,2,15-16H2,1H3,(H2,27,31). The Balaban J connectivity index is 1.53. The molecule has 0 fully saturated rings. The number of rotatable bonds is 10. The predicted octanol–water partition coefficient (Wildman–Crippen LogP) is 5.29. The number of nitrogens with zero attached hydrogens (tertiary/aromatic N) is 3. The largest absolute Gasteiger partial charge is 0.494 e. The van der Waals surface area contributed by atoms with Gasteiger partial charge in [-0.15, -0.1) is 10.2 Å². The molecular formula is C25H23ClN4O3S. The first-order valence-corrected chi connectivity index (χ1v) is 12.0. The molecule has 0 aliphatic carbocycles. The summed E-state index contributed by atoms with van der Waals surface area (Å²) < 4.78 is 13.4. The summed E-state index contributed by atoms with van der Waals surface area (Å²) >= 11 is 7.62. The van der Waals surface area contributed by atoms with Gasteiger partial charge in [0, 0.05) is 22.0 Å². The third-order valence-electron chi connectivity index (χ3n) is 4.89. The van der Waals surface area contributed by atoms with E-state index >= 15 is 0 Å². The van der Waals surface area contributed by atoms with E-state index in [2.05, 4.69) is 10.2 Å². The van der Waals surface area contributed by atoms with Gasteiger partial charge in [0.05, 0.1) is 6.61 Å². The lowest BCUT2D eigenvalue weighted by molar-refractivity contribution is 0.100. The van der Waals surface area contributed by atoms with Gasteiger partial charge >= 0.3 is 0 Å². The Labute approximate surface area is 206 Å². The van der Waals surface area contributed by atoms with Crippen molar-refractivity contribution in [3.8, 4) is 17.2 Å². The van der Waals surface area contributed by atoms with E-state index in [0.717, 1.165) is 17.0 Å². The van der Waals surface area contributed by atoms with Gasteiger partial charge < -0.3 is 15.2 Å². The zero-order valence-corrected chi connectivity index (χ0v) is 20.1. The lowest BCUT2D eigenvalue weighted by atomic mass is 10.1. The Kier molecular flexibility index (Phi) is 7.72. The average molecular weight is 495 g/mol. The number of carbonyl (C=O) groups excluding carboxylic acids is 1. The number of halogens is 1. The monoisotopic (exact) mass is 494 g/mol. The summed E-state index contributed by atoms with van der Waals surface area (Å²) in [7, 11) is 0. The Morgan fingerprint density at radius 2 is 1.59 bits per heavy atom. The molecule has 4 rings (SSSR count). The molecule has 0 aliphatic rings. The zero-order chi connectivity index (χ0) is 23.9. The van der Waals surface area contributed by atoms with E-state index in [0.29, 0.717) is 39.7 Å². The van der Waals surface area contributed by atoms with Crippen LogP contribution in [0.3, 0.4) is 0 Å². The van der Waals surface area contributed by atoms with Crippen LogP contribution in [0.5, 0.6) is 11.5 Å². The molecular weight excluding hydrogens is 472 g/mol. The number of hydrogen-bond acceptors (Lipinski definition) is 6. The molecule has 174 valence electrons. The van der Waals surface area contributed by atoms with Crippen molar-refractivity contribution in [2.24, 2.45) is 5.73 Å². The van der Waals surface area contributed by atoms with E-state index in [1.807, 2.05) is 72.2 Å². The van der Waals surface area contributed by atoms with Crippen LogP contribution in [0.2, 0.25) is 5.02 Å². The summed E-state index contributed by atoms with van der Waals surface area (Å²) in [4.78, 5) is 11.3. The Morgan fingerprint density at radius 1 is 0.941 bits per heavy atom. The first-order valence-electron chi connectivity index (χ1n) is 10.6. The maximum atomic E-state index is 11.3. The molecule has 1 aromatic heterocycles. The van der Waals surface area contributed by atoms with Gasteiger partial charge in [-0.1, -0.05) is 35.5 Å². The van der Waals surface area contributed by atoms with Crippen molar-refractivity contribution < 1.29 is 14.3 Å². The minimum atomic E-state index is -0.446. The molecule has 7 nitrogen and oxygen atoms in total. The summed E-state index contributed by atoms with van der Waals surface area (Å²) in [6.45, 7) is 2.79. The van der Waals surface area contributed by atoms with E-state index in [1.165, 1.54) is 11.8 Å². The van der Waals surface area contributed by atoms with Crippen LogP contribution in [-0.4, -0.2) is 27.3 Å². The topological polar surface area (TPSA) is 92.3 Å².